The fourth-order valence-corrected chi connectivity index (χ4v) is 1.64. The highest BCUT2D eigenvalue weighted by atomic mass is 79.9. The van der Waals surface area contributed by atoms with Crippen molar-refractivity contribution in [1.82, 2.24) is 0 Å². The Balaban J connectivity index is 2.52. The van der Waals surface area contributed by atoms with Crippen LogP contribution in [0.5, 0.6) is 5.75 Å². The Hall–Kier alpha value is -1.03. The van der Waals surface area contributed by atoms with Gasteiger partial charge in [-0.3, -0.25) is 9.78 Å². The molecule has 0 heterocycles. The summed E-state index contributed by atoms with van der Waals surface area (Å²) in [7, 11) is 0. The first kappa shape index (κ1) is 13.0. The van der Waals surface area contributed by atoms with Gasteiger partial charge in [0.25, 0.3) is 0 Å². The summed E-state index contributed by atoms with van der Waals surface area (Å²) in [5.41, 5.74) is 0. The second-order valence-electron chi connectivity index (χ2n) is 3.43. The van der Waals surface area contributed by atoms with Gasteiger partial charge in [-0.1, -0.05) is 26.0 Å². The van der Waals surface area contributed by atoms with Crippen molar-refractivity contribution < 1.29 is 14.6 Å². The zero-order chi connectivity index (χ0) is 12.0. The van der Waals surface area contributed by atoms with E-state index in [1.807, 2.05) is 32.0 Å². The van der Waals surface area contributed by atoms with Crippen LogP contribution in [0.2, 0.25) is 0 Å². The van der Waals surface area contributed by atoms with Gasteiger partial charge in [0, 0.05) is 0 Å². The zero-order valence-electron chi connectivity index (χ0n) is 9.40. The van der Waals surface area contributed by atoms with Crippen LogP contribution in [0.15, 0.2) is 28.7 Å². The van der Waals surface area contributed by atoms with Gasteiger partial charge < -0.3 is 0 Å². The molecule has 88 valence electrons. The Morgan fingerprint density at radius 2 is 1.94 bits per heavy atom. The first-order valence-electron chi connectivity index (χ1n) is 5.31. The molecule has 0 N–H and O–H groups in total. The standard InChI is InChI=1S/C12H15BrO3/c1-3-9(4-2)12(14)16-15-11-8-6-5-7-10(11)13/h5-9H,3-4H2,1-2H3. The Kier molecular flexibility index (Phi) is 5.32. The molecule has 0 radical (unpaired) electrons. The third kappa shape index (κ3) is 3.52. The summed E-state index contributed by atoms with van der Waals surface area (Å²) >= 11 is 3.30. The van der Waals surface area contributed by atoms with Gasteiger partial charge in [-0.25, -0.2) is 4.79 Å². The highest BCUT2D eigenvalue weighted by Crippen LogP contribution is 2.24. The summed E-state index contributed by atoms with van der Waals surface area (Å²) in [6.07, 6.45) is 1.52. The maximum absolute atomic E-state index is 11.5. The van der Waals surface area contributed by atoms with Crippen molar-refractivity contribution in [3.63, 3.8) is 0 Å². The number of carbonyl (C=O) groups is 1. The average Bonchev–Trinajstić information content (AvgIpc) is 2.29. The van der Waals surface area contributed by atoms with E-state index in [4.69, 9.17) is 9.78 Å². The maximum Gasteiger partial charge on any atom is 0.358 e. The predicted octanol–water partition coefficient (Wildman–Crippen LogP) is 3.72. The molecule has 0 aromatic heterocycles. The highest BCUT2D eigenvalue weighted by Gasteiger charge is 2.17. The van der Waals surface area contributed by atoms with E-state index < -0.39 is 0 Å². The Labute approximate surface area is 104 Å². The molecule has 4 heteroatoms. The molecule has 0 aliphatic rings. The molecule has 0 spiro atoms. The second kappa shape index (κ2) is 6.53. The van der Waals surface area contributed by atoms with Crippen LogP contribution in [0.1, 0.15) is 26.7 Å². The Morgan fingerprint density at radius 1 is 1.31 bits per heavy atom. The Morgan fingerprint density at radius 3 is 2.50 bits per heavy atom. The van der Waals surface area contributed by atoms with Gasteiger partial charge in [0.05, 0.1) is 10.4 Å². The van der Waals surface area contributed by atoms with Gasteiger partial charge in [-0.05, 0) is 40.9 Å². The summed E-state index contributed by atoms with van der Waals surface area (Å²) in [6, 6.07) is 7.22. The van der Waals surface area contributed by atoms with E-state index in [1.54, 1.807) is 6.07 Å². The predicted molar refractivity (Wildman–Crippen MR) is 64.9 cm³/mol. The molecule has 0 saturated heterocycles. The lowest BCUT2D eigenvalue weighted by molar-refractivity contribution is -0.219. The molecule has 1 aromatic rings. The van der Waals surface area contributed by atoms with Crippen molar-refractivity contribution in [1.29, 1.82) is 0 Å². The first-order chi connectivity index (χ1) is 7.69. The lowest BCUT2D eigenvalue weighted by Gasteiger charge is -2.11. The Bertz CT molecular complexity index is 348. The molecule has 3 nitrogen and oxygen atoms in total. The van der Waals surface area contributed by atoms with Crippen LogP contribution in [0.4, 0.5) is 0 Å². The van der Waals surface area contributed by atoms with E-state index >= 15 is 0 Å². The van der Waals surface area contributed by atoms with E-state index in [0.29, 0.717) is 5.75 Å². The van der Waals surface area contributed by atoms with Crippen LogP contribution in [0.25, 0.3) is 0 Å². The van der Waals surface area contributed by atoms with Crippen molar-refractivity contribution in [3.05, 3.63) is 28.7 Å². The molecule has 0 saturated carbocycles. The van der Waals surface area contributed by atoms with Crippen LogP contribution < -0.4 is 4.89 Å². The van der Waals surface area contributed by atoms with Crippen molar-refractivity contribution in [3.8, 4) is 5.75 Å². The van der Waals surface area contributed by atoms with Crippen LogP contribution in [0, 0.1) is 5.92 Å². The largest absolute Gasteiger partial charge is 0.358 e. The highest BCUT2D eigenvalue weighted by molar-refractivity contribution is 9.10. The normalized spacial score (nSPS) is 10.2. The monoisotopic (exact) mass is 286 g/mol. The summed E-state index contributed by atoms with van der Waals surface area (Å²) < 4.78 is 0.757. The SMILES string of the molecule is CCC(CC)C(=O)OOc1ccccc1Br. The second-order valence-corrected chi connectivity index (χ2v) is 4.28. The minimum Gasteiger partial charge on any atom is -0.286 e. The molecule has 0 unspecified atom stereocenters. The number of carbonyl (C=O) groups excluding carboxylic acids is 1. The third-order valence-corrected chi connectivity index (χ3v) is 3.02. The molecule has 0 atom stereocenters. The smallest absolute Gasteiger partial charge is 0.286 e. The molecule has 16 heavy (non-hydrogen) atoms. The summed E-state index contributed by atoms with van der Waals surface area (Å²) in [5.74, 6) is 0.0880. The van der Waals surface area contributed by atoms with Crippen LogP contribution in [-0.4, -0.2) is 5.97 Å². The van der Waals surface area contributed by atoms with Gasteiger partial charge in [-0.15, -0.1) is 0 Å². The lowest BCUT2D eigenvalue weighted by Crippen LogP contribution is -2.18. The van der Waals surface area contributed by atoms with Crippen molar-refractivity contribution in [2.24, 2.45) is 5.92 Å². The number of hydrogen-bond acceptors (Lipinski definition) is 3. The maximum atomic E-state index is 11.5. The van der Waals surface area contributed by atoms with Crippen molar-refractivity contribution in [2.45, 2.75) is 26.7 Å². The number of rotatable bonds is 5. The zero-order valence-corrected chi connectivity index (χ0v) is 11.0. The van der Waals surface area contributed by atoms with Crippen LogP contribution >= 0.6 is 15.9 Å². The van der Waals surface area contributed by atoms with Crippen LogP contribution in [0.3, 0.4) is 0 Å². The van der Waals surface area contributed by atoms with Crippen molar-refractivity contribution in [2.75, 3.05) is 0 Å². The molecular weight excluding hydrogens is 272 g/mol. The average molecular weight is 287 g/mol. The summed E-state index contributed by atoms with van der Waals surface area (Å²) in [5, 5.41) is 0. The van der Waals surface area contributed by atoms with Crippen LogP contribution in [-0.2, 0) is 9.68 Å². The van der Waals surface area contributed by atoms with E-state index in [2.05, 4.69) is 15.9 Å². The fourth-order valence-electron chi connectivity index (χ4n) is 1.29. The van der Waals surface area contributed by atoms with E-state index in [-0.39, 0.29) is 11.9 Å². The molecule has 0 aliphatic heterocycles. The lowest BCUT2D eigenvalue weighted by atomic mass is 10.0. The van der Waals surface area contributed by atoms with E-state index in [0.717, 1.165) is 17.3 Å². The third-order valence-electron chi connectivity index (χ3n) is 2.37. The van der Waals surface area contributed by atoms with Gasteiger partial charge in [0.1, 0.15) is 0 Å². The van der Waals surface area contributed by atoms with Gasteiger partial charge >= 0.3 is 5.97 Å². The number of halogens is 1. The van der Waals surface area contributed by atoms with E-state index in [1.165, 1.54) is 0 Å². The van der Waals surface area contributed by atoms with Gasteiger partial charge in [0.2, 0.25) is 0 Å². The topological polar surface area (TPSA) is 35.5 Å². The summed E-state index contributed by atoms with van der Waals surface area (Å²) in [4.78, 5) is 21.3. The number of benzene rings is 1. The molecule has 1 rings (SSSR count). The first-order valence-corrected chi connectivity index (χ1v) is 6.11. The van der Waals surface area contributed by atoms with Gasteiger partial charge in [-0.2, -0.15) is 0 Å². The van der Waals surface area contributed by atoms with Crippen molar-refractivity contribution >= 4 is 21.9 Å². The molecule has 0 aliphatic carbocycles. The summed E-state index contributed by atoms with van der Waals surface area (Å²) in [6.45, 7) is 3.90. The quantitative estimate of drug-likeness (QED) is 0.611. The van der Waals surface area contributed by atoms with E-state index in [9.17, 15) is 4.79 Å². The number of hydrogen-bond donors (Lipinski definition) is 0. The molecule has 0 amide bonds. The molecular formula is C12H15BrO3. The fraction of sp³-hybridized carbons (Fsp3) is 0.417. The minimum absolute atomic E-state index is 0.0949. The molecule has 0 fully saturated rings. The molecule has 1 aromatic carbocycles. The van der Waals surface area contributed by atoms with Gasteiger partial charge in [0.15, 0.2) is 5.75 Å². The molecule has 0 bridgehead atoms. The minimum atomic E-state index is -0.319. The number of para-hydroxylation sites is 1.